The number of allylic oxidation sites excluding steroid dienone is 1. The number of rotatable bonds is 1. The summed E-state index contributed by atoms with van der Waals surface area (Å²) < 4.78 is 5.82. The highest BCUT2D eigenvalue weighted by atomic mass is 35.5. The predicted octanol–water partition coefficient (Wildman–Crippen LogP) is 4.11. The summed E-state index contributed by atoms with van der Waals surface area (Å²) in [6.45, 7) is 0. The van der Waals surface area contributed by atoms with Crippen molar-refractivity contribution >= 4 is 22.4 Å². The number of benzene rings is 2. The monoisotopic (exact) mass is 333 g/mol. The summed E-state index contributed by atoms with van der Waals surface area (Å²) in [5.74, 6) is 0.441. The number of aromatic nitrogens is 1. The quantitative estimate of drug-likeness (QED) is 0.727. The fraction of sp³-hybridized carbons (Fsp3) is 0.0526. The zero-order valence-corrected chi connectivity index (χ0v) is 13.3. The minimum Gasteiger partial charge on any atom is -0.440 e. The number of hydrogen-bond acceptors (Lipinski definition) is 4. The van der Waals surface area contributed by atoms with E-state index in [4.69, 9.17) is 22.1 Å². The van der Waals surface area contributed by atoms with Gasteiger partial charge in [-0.2, -0.15) is 5.26 Å². The summed E-state index contributed by atoms with van der Waals surface area (Å²) in [4.78, 5) is 4.05. The van der Waals surface area contributed by atoms with Gasteiger partial charge in [0.15, 0.2) is 0 Å². The maximum absolute atomic E-state index is 9.58. The number of halogens is 1. The van der Waals surface area contributed by atoms with Crippen LogP contribution in [-0.2, 0) is 0 Å². The molecule has 1 atom stereocenters. The van der Waals surface area contributed by atoms with Gasteiger partial charge in [0.05, 0.1) is 5.92 Å². The van der Waals surface area contributed by atoms with E-state index in [2.05, 4.69) is 11.1 Å². The van der Waals surface area contributed by atoms with E-state index in [0.717, 1.165) is 21.9 Å². The Morgan fingerprint density at radius 1 is 1.12 bits per heavy atom. The van der Waals surface area contributed by atoms with Crippen LogP contribution in [-0.4, -0.2) is 4.98 Å². The number of nitrogens with two attached hydrogens (primary N) is 1. The standard InChI is InChI=1S/C19H12ClN3O/c20-16-9-14-17(11-5-7-23-8-6-11)15(10-21)19(22)24-18(14)13-4-2-1-3-12(13)16/h1-9,17H,22H2/t17-/m1/s1. The first kappa shape index (κ1) is 14.6. The van der Waals surface area contributed by atoms with E-state index in [1.54, 1.807) is 12.4 Å². The van der Waals surface area contributed by atoms with Gasteiger partial charge < -0.3 is 10.5 Å². The van der Waals surface area contributed by atoms with Crippen LogP contribution in [0.2, 0.25) is 5.02 Å². The van der Waals surface area contributed by atoms with Crippen molar-refractivity contribution in [2.45, 2.75) is 5.92 Å². The van der Waals surface area contributed by atoms with Crippen molar-refractivity contribution < 1.29 is 4.74 Å². The second-order valence-electron chi connectivity index (χ2n) is 5.53. The van der Waals surface area contributed by atoms with E-state index in [9.17, 15) is 5.26 Å². The minimum absolute atomic E-state index is 0.124. The summed E-state index contributed by atoms with van der Waals surface area (Å²) in [6.07, 6.45) is 3.39. The van der Waals surface area contributed by atoms with Crippen molar-refractivity contribution in [2.75, 3.05) is 0 Å². The van der Waals surface area contributed by atoms with Crippen molar-refractivity contribution in [3.63, 3.8) is 0 Å². The molecule has 4 rings (SSSR count). The van der Waals surface area contributed by atoms with Crippen LogP contribution in [0.15, 0.2) is 66.3 Å². The van der Waals surface area contributed by atoms with Crippen LogP contribution < -0.4 is 10.5 Å². The van der Waals surface area contributed by atoms with E-state index in [0.29, 0.717) is 16.3 Å². The molecule has 0 aliphatic carbocycles. The largest absolute Gasteiger partial charge is 0.440 e. The molecular formula is C19H12ClN3O. The third-order valence-corrected chi connectivity index (χ3v) is 4.52. The Morgan fingerprint density at radius 3 is 2.54 bits per heavy atom. The molecule has 1 aliphatic heterocycles. The second kappa shape index (κ2) is 5.55. The summed E-state index contributed by atoms with van der Waals surface area (Å²) in [5, 5.41) is 12.0. The number of hydrogen-bond donors (Lipinski definition) is 1. The average Bonchev–Trinajstić information content (AvgIpc) is 2.62. The van der Waals surface area contributed by atoms with Crippen molar-refractivity contribution in [2.24, 2.45) is 5.73 Å². The van der Waals surface area contributed by atoms with Gasteiger partial charge in [0, 0.05) is 33.8 Å². The van der Waals surface area contributed by atoms with Crippen LogP contribution in [0.1, 0.15) is 17.0 Å². The van der Waals surface area contributed by atoms with Gasteiger partial charge in [-0.05, 0) is 23.8 Å². The Bertz CT molecular complexity index is 1020. The molecule has 0 fully saturated rings. The SMILES string of the molecule is N#CC1=C(N)Oc2c(cc(Cl)c3ccccc23)[C@H]1c1ccncc1. The van der Waals surface area contributed by atoms with Gasteiger partial charge in [-0.15, -0.1) is 0 Å². The molecule has 3 aromatic rings. The Balaban J connectivity index is 2.07. The lowest BCUT2D eigenvalue weighted by Gasteiger charge is -2.27. The highest BCUT2D eigenvalue weighted by Crippen LogP contribution is 2.47. The Hall–Kier alpha value is -3.03. The molecule has 1 aromatic heterocycles. The normalized spacial score (nSPS) is 16.4. The summed E-state index contributed by atoms with van der Waals surface area (Å²) in [7, 11) is 0. The van der Waals surface area contributed by atoms with E-state index < -0.39 is 0 Å². The van der Waals surface area contributed by atoms with Crippen LogP contribution in [0.4, 0.5) is 0 Å². The summed E-state index contributed by atoms with van der Waals surface area (Å²) in [6, 6.07) is 15.5. The molecule has 1 aliphatic rings. The van der Waals surface area contributed by atoms with E-state index in [-0.39, 0.29) is 11.8 Å². The average molecular weight is 334 g/mol. The molecule has 2 N–H and O–H groups in total. The van der Waals surface area contributed by atoms with Crippen molar-refractivity contribution in [3.8, 4) is 11.8 Å². The first-order valence-electron chi connectivity index (χ1n) is 7.39. The zero-order valence-electron chi connectivity index (χ0n) is 12.5. The van der Waals surface area contributed by atoms with E-state index in [1.165, 1.54) is 0 Å². The molecule has 4 nitrogen and oxygen atoms in total. The first-order chi connectivity index (χ1) is 11.7. The zero-order chi connectivity index (χ0) is 16.7. The fourth-order valence-electron chi connectivity index (χ4n) is 3.14. The molecule has 116 valence electrons. The Labute approximate surface area is 143 Å². The van der Waals surface area contributed by atoms with Crippen LogP contribution in [0.25, 0.3) is 10.8 Å². The van der Waals surface area contributed by atoms with Gasteiger partial charge in [-0.1, -0.05) is 35.9 Å². The first-order valence-corrected chi connectivity index (χ1v) is 7.77. The summed E-state index contributed by atoms with van der Waals surface area (Å²) >= 11 is 6.48. The van der Waals surface area contributed by atoms with Crippen LogP contribution in [0.5, 0.6) is 5.75 Å². The highest BCUT2D eigenvalue weighted by Gasteiger charge is 2.32. The lowest BCUT2D eigenvalue weighted by Crippen LogP contribution is -2.21. The summed E-state index contributed by atoms with van der Waals surface area (Å²) in [5.41, 5.74) is 8.17. The van der Waals surface area contributed by atoms with Crippen molar-refractivity contribution in [3.05, 3.63) is 82.5 Å². The molecule has 24 heavy (non-hydrogen) atoms. The van der Waals surface area contributed by atoms with Gasteiger partial charge in [0.25, 0.3) is 0 Å². The topological polar surface area (TPSA) is 71.9 Å². The predicted molar refractivity (Wildman–Crippen MR) is 92.5 cm³/mol. The van der Waals surface area contributed by atoms with E-state index in [1.807, 2.05) is 42.5 Å². The van der Waals surface area contributed by atoms with Crippen LogP contribution in [0, 0.1) is 11.3 Å². The van der Waals surface area contributed by atoms with E-state index >= 15 is 0 Å². The Kier molecular flexibility index (Phi) is 3.37. The van der Waals surface area contributed by atoms with Gasteiger partial charge in [0.2, 0.25) is 5.88 Å². The maximum atomic E-state index is 9.58. The molecule has 2 heterocycles. The molecule has 0 spiro atoms. The highest BCUT2D eigenvalue weighted by molar-refractivity contribution is 6.36. The molecule has 0 radical (unpaired) electrons. The number of nitrogens with zero attached hydrogens (tertiary/aromatic N) is 2. The number of pyridine rings is 1. The minimum atomic E-state index is -0.330. The Morgan fingerprint density at radius 2 is 1.83 bits per heavy atom. The second-order valence-corrected chi connectivity index (χ2v) is 5.93. The molecule has 0 amide bonds. The van der Waals surface area contributed by atoms with Crippen molar-refractivity contribution in [1.29, 1.82) is 5.26 Å². The smallest absolute Gasteiger partial charge is 0.205 e. The maximum Gasteiger partial charge on any atom is 0.205 e. The number of nitriles is 1. The molecule has 0 bridgehead atoms. The third-order valence-electron chi connectivity index (χ3n) is 4.21. The molecular weight excluding hydrogens is 322 g/mol. The third kappa shape index (κ3) is 2.10. The van der Waals surface area contributed by atoms with Gasteiger partial charge in [-0.3, -0.25) is 4.98 Å². The van der Waals surface area contributed by atoms with Crippen molar-refractivity contribution in [1.82, 2.24) is 4.98 Å². The molecule has 0 unspecified atom stereocenters. The molecule has 2 aromatic carbocycles. The van der Waals surface area contributed by atoms with Gasteiger partial charge in [0.1, 0.15) is 17.4 Å². The number of fused-ring (bicyclic) bond motifs is 3. The van der Waals surface area contributed by atoms with Gasteiger partial charge >= 0.3 is 0 Å². The molecule has 0 saturated carbocycles. The van der Waals surface area contributed by atoms with Gasteiger partial charge in [-0.25, -0.2) is 0 Å². The molecule has 5 heteroatoms. The molecule has 0 saturated heterocycles. The fourth-order valence-corrected chi connectivity index (χ4v) is 3.42. The lowest BCUT2D eigenvalue weighted by atomic mass is 9.83. The number of ether oxygens (including phenoxy) is 1. The lowest BCUT2D eigenvalue weighted by molar-refractivity contribution is 0.398. The van der Waals surface area contributed by atoms with Crippen LogP contribution >= 0.6 is 11.6 Å². The van der Waals surface area contributed by atoms with Crippen LogP contribution in [0.3, 0.4) is 0 Å².